The van der Waals surface area contributed by atoms with Crippen LogP contribution in [0.3, 0.4) is 0 Å². The van der Waals surface area contributed by atoms with Gasteiger partial charge in [0.1, 0.15) is 0 Å². The first-order valence-electron chi connectivity index (χ1n) is 14.7. The smallest absolute Gasteiger partial charge is 0.311 e. The summed E-state index contributed by atoms with van der Waals surface area (Å²) in [5.74, 6) is -1.87. The van der Waals surface area contributed by atoms with Crippen LogP contribution in [0, 0.1) is 50.7 Å². The topological polar surface area (TPSA) is 110 Å². The van der Waals surface area contributed by atoms with E-state index >= 15 is 0 Å². The van der Waals surface area contributed by atoms with Crippen molar-refractivity contribution in [3.05, 3.63) is 11.6 Å². The van der Waals surface area contributed by atoms with E-state index in [0.717, 1.165) is 24.8 Å². The van der Waals surface area contributed by atoms with Crippen molar-refractivity contribution in [2.75, 3.05) is 14.2 Å². The van der Waals surface area contributed by atoms with Crippen LogP contribution in [0.15, 0.2) is 11.6 Å². The zero-order chi connectivity index (χ0) is 29.4. The molecule has 7 heteroatoms. The molecule has 7 nitrogen and oxygen atoms in total. The molecule has 0 amide bonds. The number of aliphatic carboxylic acids is 1. The number of hydrogen-bond donors (Lipinski definition) is 2. The maximum atomic E-state index is 13.0. The lowest BCUT2D eigenvalue weighted by Gasteiger charge is -2.70. The molecule has 0 bridgehead atoms. The molecule has 4 rings (SSSR count). The first kappa shape index (κ1) is 30.1. The van der Waals surface area contributed by atoms with Crippen molar-refractivity contribution in [2.24, 2.45) is 50.7 Å². The van der Waals surface area contributed by atoms with Gasteiger partial charge in [-0.15, -0.1) is 0 Å². The Morgan fingerprint density at radius 1 is 1.00 bits per heavy atom. The van der Waals surface area contributed by atoms with Crippen LogP contribution in [0.2, 0.25) is 0 Å². The largest absolute Gasteiger partial charge is 0.481 e. The average Bonchev–Trinajstić information content (AvgIpc) is 2.85. The highest BCUT2D eigenvalue weighted by molar-refractivity contribution is 5.78. The number of carbonyl (C=O) groups excluding carboxylic acids is 2. The van der Waals surface area contributed by atoms with Crippen LogP contribution in [0.25, 0.3) is 0 Å². The lowest BCUT2D eigenvalue weighted by atomic mass is 9.34. The van der Waals surface area contributed by atoms with Gasteiger partial charge in [0.05, 0.1) is 37.1 Å². The second-order valence-electron chi connectivity index (χ2n) is 14.8. The van der Waals surface area contributed by atoms with E-state index in [9.17, 15) is 24.6 Å². The summed E-state index contributed by atoms with van der Waals surface area (Å²) < 4.78 is 10.4. The molecule has 0 aromatic heterocycles. The number of aliphatic hydroxyl groups is 1. The van der Waals surface area contributed by atoms with Gasteiger partial charge in [0, 0.05) is 5.92 Å². The summed E-state index contributed by atoms with van der Waals surface area (Å²) in [6.45, 7) is 14.5. The molecule has 0 saturated heterocycles. The van der Waals surface area contributed by atoms with Crippen molar-refractivity contribution in [1.82, 2.24) is 0 Å². The molecule has 3 fully saturated rings. The summed E-state index contributed by atoms with van der Waals surface area (Å²) in [5, 5.41) is 22.5. The van der Waals surface area contributed by atoms with Gasteiger partial charge < -0.3 is 19.7 Å². The van der Waals surface area contributed by atoms with Crippen LogP contribution in [-0.2, 0) is 23.9 Å². The van der Waals surface area contributed by atoms with Crippen LogP contribution in [-0.4, -0.2) is 47.9 Å². The summed E-state index contributed by atoms with van der Waals surface area (Å²) in [7, 11) is 2.83. The lowest BCUT2D eigenvalue weighted by Crippen LogP contribution is -2.67. The summed E-state index contributed by atoms with van der Waals surface area (Å²) >= 11 is 0. The molecule has 0 heterocycles. The van der Waals surface area contributed by atoms with Gasteiger partial charge in [-0.1, -0.05) is 39.3 Å². The van der Waals surface area contributed by atoms with E-state index in [1.807, 2.05) is 27.7 Å². The van der Waals surface area contributed by atoms with E-state index in [1.54, 1.807) is 0 Å². The first-order valence-corrected chi connectivity index (χ1v) is 14.7. The van der Waals surface area contributed by atoms with Gasteiger partial charge in [-0.3, -0.25) is 14.4 Å². The molecule has 0 aliphatic heterocycles. The van der Waals surface area contributed by atoms with Crippen LogP contribution in [0.5, 0.6) is 0 Å². The summed E-state index contributed by atoms with van der Waals surface area (Å²) in [6.07, 6.45) is 7.20. The second-order valence-corrected chi connectivity index (χ2v) is 14.8. The van der Waals surface area contributed by atoms with Crippen molar-refractivity contribution >= 4 is 17.9 Å². The maximum absolute atomic E-state index is 13.0. The molecule has 9 atom stereocenters. The van der Waals surface area contributed by atoms with Gasteiger partial charge in [-0.25, -0.2) is 0 Å². The highest BCUT2D eigenvalue weighted by Gasteiger charge is 2.71. The van der Waals surface area contributed by atoms with Gasteiger partial charge in [-0.05, 0) is 99.7 Å². The van der Waals surface area contributed by atoms with Crippen molar-refractivity contribution in [3.63, 3.8) is 0 Å². The van der Waals surface area contributed by atoms with Crippen LogP contribution < -0.4 is 0 Å². The third-order valence-corrected chi connectivity index (χ3v) is 13.1. The second kappa shape index (κ2) is 9.32. The number of methoxy groups -OCH3 is 2. The van der Waals surface area contributed by atoms with E-state index in [2.05, 4.69) is 26.8 Å². The van der Waals surface area contributed by atoms with E-state index in [1.165, 1.54) is 14.2 Å². The molecule has 0 spiro atoms. The highest BCUT2D eigenvalue weighted by Crippen LogP contribution is 2.75. The van der Waals surface area contributed by atoms with Gasteiger partial charge in [0.15, 0.2) is 0 Å². The molecule has 2 N–H and O–H groups in total. The molecule has 0 radical (unpaired) electrons. The fourth-order valence-corrected chi connectivity index (χ4v) is 10.4. The quantitative estimate of drug-likeness (QED) is 0.332. The number of hydrogen-bond acceptors (Lipinski definition) is 6. The Hall–Kier alpha value is -1.89. The van der Waals surface area contributed by atoms with Crippen molar-refractivity contribution in [3.8, 4) is 0 Å². The summed E-state index contributed by atoms with van der Waals surface area (Å²) in [5.41, 5.74) is -2.96. The average molecular weight is 547 g/mol. The number of fused-ring (bicyclic) bond motifs is 5. The van der Waals surface area contributed by atoms with Crippen molar-refractivity contribution < 1.29 is 34.1 Å². The molecular weight excluding hydrogens is 496 g/mol. The standard InChI is InChI=1S/C32H50O7/c1-19-12-15-32(25(34)35)17-16-29(5)20(24(32)31(19,7)37)10-11-22-28(4,18-23(33)38-8)21(13-14-30(22,29)6)27(2,3)26(36)39-9/h10,19,21-22,24,37H,11-18H2,1-9H3,(H,34,35)/t19-,21+,22-,24-,28+,29-,30-,31-,32+/m1/s1. The number of esters is 2. The summed E-state index contributed by atoms with van der Waals surface area (Å²) in [4.78, 5) is 38.9. The van der Waals surface area contributed by atoms with E-state index in [0.29, 0.717) is 25.7 Å². The van der Waals surface area contributed by atoms with Crippen LogP contribution in [0.4, 0.5) is 0 Å². The Labute approximate surface area is 234 Å². The van der Waals surface area contributed by atoms with Gasteiger partial charge in [0.2, 0.25) is 0 Å². The predicted octanol–water partition coefficient (Wildman–Crippen LogP) is 5.79. The fourth-order valence-electron chi connectivity index (χ4n) is 10.4. The number of ether oxygens (including phenoxy) is 2. The maximum Gasteiger partial charge on any atom is 0.311 e. The molecule has 4 aliphatic carbocycles. The van der Waals surface area contributed by atoms with Crippen molar-refractivity contribution in [1.29, 1.82) is 0 Å². The van der Waals surface area contributed by atoms with Gasteiger partial charge in [-0.2, -0.15) is 0 Å². The van der Waals surface area contributed by atoms with Gasteiger partial charge >= 0.3 is 17.9 Å². The number of carboxylic acids is 1. The van der Waals surface area contributed by atoms with Gasteiger partial charge in [0.25, 0.3) is 0 Å². The minimum atomic E-state index is -1.13. The zero-order valence-electron chi connectivity index (χ0n) is 25.5. The monoisotopic (exact) mass is 546 g/mol. The molecule has 0 aromatic rings. The Kier molecular flexibility index (Phi) is 7.19. The fraction of sp³-hybridized carbons (Fsp3) is 0.844. The Balaban J connectivity index is 1.90. The number of allylic oxidation sites excluding steroid dienone is 1. The highest BCUT2D eigenvalue weighted by atomic mass is 16.5. The zero-order valence-corrected chi connectivity index (χ0v) is 25.5. The number of carbonyl (C=O) groups is 3. The van der Waals surface area contributed by atoms with Crippen LogP contribution in [0.1, 0.15) is 99.8 Å². The Bertz CT molecular complexity index is 1070. The predicted molar refractivity (Wildman–Crippen MR) is 147 cm³/mol. The normalized spacial score (nSPS) is 45.6. The molecule has 0 aromatic carbocycles. The molecule has 220 valence electrons. The molecule has 3 saturated carbocycles. The number of carboxylic acid groups (broad SMARTS) is 1. The Morgan fingerprint density at radius 3 is 2.21 bits per heavy atom. The Morgan fingerprint density at radius 2 is 1.64 bits per heavy atom. The lowest BCUT2D eigenvalue weighted by molar-refractivity contribution is -0.207. The van der Waals surface area contributed by atoms with Crippen molar-refractivity contribution in [2.45, 2.75) is 105 Å². The molecular formula is C32H50O7. The first-order chi connectivity index (χ1) is 17.9. The van der Waals surface area contributed by atoms with E-state index in [-0.39, 0.29) is 46.9 Å². The molecule has 0 unspecified atom stereocenters. The SMILES string of the molecule is COC(=O)C[C@]1(C)[C@H]2CC=C3[C@H]4[C@](C(=O)O)(CC[C@@H](C)[C@@]4(C)O)CC[C@@]3(C)[C@]2(C)CC[C@H]1C(C)(C)C(=O)OC. The van der Waals surface area contributed by atoms with E-state index < -0.39 is 33.7 Å². The van der Waals surface area contributed by atoms with Crippen LogP contribution >= 0.6 is 0 Å². The molecule has 39 heavy (non-hydrogen) atoms. The van der Waals surface area contributed by atoms with E-state index in [4.69, 9.17) is 9.47 Å². The number of rotatable bonds is 5. The summed E-state index contributed by atoms with van der Waals surface area (Å²) in [6, 6.07) is 0. The minimum absolute atomic E-state index is 0.00932. The molecule has 4 aliphatic rings. The minimum Gasteiger partial charge on any atom is -0.481 e. The third kappa shape index (κ3) is 3.88. The third-order valence-electron chi connectivity index (χ3n) is 13.1.